The predicted molar refractivity (Wildman–Crippen MR) is 126 cm³/mol. The van der Waals surface area contributed by atoms with Gasteiger partial charge in [-0.25, -0.2) is 0 Å². The van der Waals surface area contributed by atoms with Gasteiger partial charge in [-0.15, -0.1) is 16.8 Å². The first-order chi connectivity index (χ1) is 15.5. The Kier molecular flexibility index (Phi) is 8.04. The number of anilines is 2. The zero-order valence-corrected chi connectivity index (χ0v) is 18.8. The molecular formula is C23H25N5O3S. The molecule has 2 N–H and O–H groups in total. The van der Waals surface area contributed by atoms with Crippen molar-refractivity contribution < 1.29 is 14.3 Å². The zero-order valence-electron chi connectivity index (χ0n) is 18.0. The zero-order chi connectivity index (χ0) is 22.9. The fourth-order valence-corrected chi connectivity index (χ4v) is 3.69. The van der Waals surface area contributed by atoms with Crippen molar-refractivity contribution in [2.45, 2.75) is 25.0 Å². The summed E-state index contributed by atoms with van der Waals surface area (Å²) in [6.45, 7) is 6.13. The molecule has 0 aliphatic rings. The molecule has 0 fully saturated rings. The quantitative estimate of drug-likeness (QED) is 0.360. The largest absolute Gasteiger partial charge is 0.497 e. The number of nitrogens with zero attached hydrogens (tertiary/aromatic N) is 3. The average Bonchev–Trinajstić information content (AvgIpc) is 3.16. The number of aromatic nitrogens is 3. The van der Waals surface area contributed by atoms with Crippen molar-refractivity contribution in [1.82, 2.24) is 14.8 Å². The maximum absolute atomic E-state index is 12.5. The van der Waals surface area contributed by atoms with Crippen LogP contribution in [0.3, 0.4) is 0 Å². The van der Waals surface area contributed by atoms with Gasteiger partial charge in [-0.3, -0.25) is 9.59 Å². The third-order valence-electron chi connectivity index (χ3n) is 4.55. The van der Waals surface area contributed by atoms with Crippen molar-refractivity contribution in [3.63, 3.8) is 0 Å². The second-order valence-electron chi connectivity index (χ2n) is 6.90. The second kappa shape index (κ2) is 11.1. The minimum atomic E-state index is -0.221. The lowest BCUT2D eigenvalue weighted by molar-refractivity contribution is -0.116. The standard InChI is InChI=1S/C23H25N5O3S/c1-4-13-28-20(14-21(29)24-17-9-11-18(31-3)12-10-17)26-27-23(28)32-15-22(30)25-19-8-6-5-7-16(19)2/h4-12H,1,13-15H2,2-3H3,(H,24,29)(H,25,30). The van der Waals surface area contributed by atoms with Gasteiger partial charge < -0.3 is 19.9 Å². The third kappa shape index (κ3) is 6.21. The Morgan fingerprint density at radius 3 is 2.53 bits per heavy atom. The number of amides is 2. The van der Waals surface area contributed by atoms with Crippen molar-refractivity contribution >= 4 is 35.0 Å². The number of aryl methyl sites for hydroxylation is 1. The molecule has 0 saturated carbocycles. The highest BCUT2D eigenvalue weighted by Crippen LogP contribution is 2.20. The fourth-order valence-electron chi connectivity index (χ4n) is 2.92. The highest BCUT2D eigenvalue weighted by Gasteiger charge is 2.16. The number of rotatable bonds is 10. The number of carbonyl (C=O) groups is 2. The Labute approximate surface area is 191 Å². The first kappa shape index (κ1) is 23.1. The normalized spacial score (nSPS) is 10.4. The minimum absolute atomic E-state index is 0.0445. The van der Waals surface area contributed by atoms with Gasteiger partial charge in [-0.1, -0.05) is 36.0 Å². The molecule has 2 amide bonds. The topological polar surface area (TPSA) is 98.1 Å². The number of methoxy groups -OCH3 is 1. The Hall–Kier alpha value is -3.59. The van der Waals surface area contributed by atoms with Crippen LogP contribution in [0, 0.1) is 6.92 Å². The lowest BCUT2D eigenvalue weighted by Crippen LogP contribution is -2.18. The van der Waals surface area contributed by atoms with Crippen molar-refractivity contribution in [2.24, 2.45) is 0 Å². The van der Waals surface area contributed by atoms with Crippen LogP contribution in [0.15, 0.2) is 66.3 Å². The van der Waals surface area contributed by atoms with E-state index in [1.807, 2.05) is 31.2 Å². The number of ether oxygens (including phenoxy) is 1. The van der Waals surface area contributed by atoms with Crippen molar-refractivity contribution in [3.8, 4) is 5.75 Å². The average molecular weight is 452 g/mol. The summed E-state index contributed by atoms with van der Waals surface area (Å²) in [5.41, 5.74) is 2.43. The molecule has 0 unspecified atom stereocenters. The van der Waals surface area contributed by atoms with E-state index in [2.05, 4.69) is 27.4 Å². The summed E-state index contributed by atoms with van der Waals surface area (Å²) in [7, 11) is 1.59. The number of allylic oxidation sites excluding steroid dienone is 1. The van der Waals surface area contributed by atoms with Gasteiger partial charge in [0.1, 0.15) is 11.6 Å². The van der Waals surface area contributed by atoms with E-state index in [0.717, 1.165) is 11.3 Å². The Morgan fingerprint density at radius 1 is 1.09 bits per heavy atom. The lowest BCUT2D eigenvalue weighted by atomic mass is 10.2. The maximum Gasteiger partial charge on any atom is 0.234 e. The van der Waals surface area contributed by atoms with E-state index < -0.39 is 0 Å². The summed E-state index contributed by atoms with van der Waals surface area (Å²) in [6, 6.07) is 14.7. The molecule has 0 aliphatic carbocycles. The van der Waals surface area contributed by atoms with Crippen LogP contribution in [0.1, 0.15) is 11.4 Å². The Bertz CT molecular complexity index is 1100. The molecule has 0 atom stereocenters. The minimum Gasteiger partial charge on any atom is -0.497 e. The Morgan fingerprint density at radius 2 is 1.84 bits per heavy atom. The van der Waals surface area contributed by atoms with E-state index in [1.54, 1.807) is 42.0 Å². The molecule has 166 valence electrons. The van der Waals surface area contributed by atoms with Gasteiger partial charge in [0.2, 0.25) is 11.8 Å². The van der Waals surface area contributed by atoms with E-state index in [9.17, 15) is 9.59 Å². The number of hydrogen-bond donors (Lipinski definition) is 2. The third-order valence-corrected chi connectivity index (χ3v) is 5.52. The second-order valence-corrected chi connectivity index (χ2v) is 7.85. The molecule has 3 rings (SSSR count). The van der Waals surface area contributed by atoms with Crippen LogP contribution in [0.4, 0.5) is 11.4 Å². The smallest absolute Gasteiger partial charge is 0.234 e. The van der Waals surface area contributed by atoms with Crippen molar-refractivity contribution in [3.05, 3.63) is 72.6 Å². The Balaban J connectivity index is 1.61. The van der Waals surface area contributed by atoms with Gasteiger partial charge in [0.15, 0.2) is 5.16 Å². The molecular weight excluding hydrogens is 426 g/mol. The molecule has 9 heteroatoms. The molecule has 3 aromatic rings. The van der Waals surface area contributed by atoms with Gasteiger partial charge in [-0.2, -0.15) is 0 Å². The van der Waals surface area contributed by atoms with E-state index in [1.165, 1.54) is 11.8 Å². The summed E-state index contributed by atoms with van der Waals surface area (Å²) in [6.07, 6.45) is 1.74. The van der Waals surface area contributed by atoms with Gasteiger partial charge in [-0.05, 0) is 42.8 Å². The van der Waals surface area contributed by atoms with Crippen molar-refractivity contribution in [1.29, 1.82) is 0 Å². The molecule has 32 heavy (non-hydrogen) atoms. The van der Waals surface area contributed by atoms with Crippen LogP contribution in [-0.2, 0) is 22.6 Å². The molecule has 0 aliphatic heterocycles. The summed E-state index contributed by atoms with van der Waals surface area (Å²) < 4.78 is 6.90. The maximum atomic E-state index is 12.5. The SMILES string of the molecule is C=CCn1c(CC(=O)Nc2ccc(OC)cc2)nnc1SCC(=O)Nc1ccccc1C. The van der Waals surface area contributed by atoms with Crippen LogP contribution < -0.4 is 15.4 Å². The van der Waals surface area contributed by atoms with Gasteiger partial charge >= 0.3 is 0 Å². The summed E-state index contributed by atoms with van der Waals surface area (Å²) in [4.78, 5) is 24.8. The van der Waals surface area contributed by atoms with E-state index in [0.29, 0.717) is 29.0 Å². The number of para-hydroxylation sites is 1. The highest BCUT2D eigenvalue weighted by molar-refractivity contribution is 7.99. The molecule has 0 saturated heterocycles. The molecule has 1 heterocycles. The van der Waals surface area contributed by atoms with E-state index >= 15 is 0 Å². The first-order valence-electron chi connectivity index (χ1n) is 9.95. The molecule has 2 aromatic carbocycles. The highest BCUT2D eigenvalue weighted by atomic mass is 32.2. The molecule has 0 radical (unpaired) electrons. The van der Waals surface area contributed by atoms with Crippen LogP contribution in [0.25, 0.3) is 0 Å². The summed E-state index contributed by atoms with van der Waals surface area (Å²) >= 11 is 1.26. The number of carbonyl (C=O) groups excluding carboxylic acids is 2. The predicted octanol–water partition coefficient (Wildman–Crippen LogP) is 3.69. The fraction of sp³-hybridized carbons (Fsp3) is 0.217. The van der Waals surface area contributed by atoms with Crippen LogP contribution in [0.5, 0.6) is 5.75 Å². The van der Waals surface area contributed by atoms with E-state index in [4.69, 9.17) is 4.74 Å². The lowest BCUT2D eigenvalue weighted by Gasteiger charge is -2.10. The summed E-state index contributed by atoms with van der Waals surface area (Å²) in [5.74, 6) is 1.01. The molecule has 1 aromatic heterocycles. The van der Waals surface area contributed by atoms with Gasteiger partial charge in [0.25, 0.3) is 0 Å². The van der Waals surface area contributed by atoms with Gasteiger partial charge in [0, 0.05) is 17.9 Å². The van der Waals surface area contributed by atoms with Gasteiger partial charge in [0.05, 0.1) is 19.3 Å². The molecule has 0 bridgehead atoms. The van der Waals surface area contributed by atoms with Crippen LogP contribution in [-0.4, -0.2) is 39.4 Å². The van der Waals surface area contributed by atoms with E-state index in [-0.39, 0.29) is 24.0 Å². The number of hydrogen-bond acceptors (Lipinski definition) is 6. The van der Waals surface area contributed by atoms with Crippen LogP contribution >= 0.6 is 11.8 Å². The summed E-state index contributed by atoms with van der Waals surface area (Å²) in [5, 5.41) is 14.6. The molecule has 0 spiro atoms. The molecule has 8 nitrogen and oxygen atoms in total. The number of thioether (sulfide) groups is 1. The monoisotopic (exact) mass is 451 g/mol. The van der Waals surface area contributed by atoms with Crippen molar-refractivity contribution in [2.75, 3.05) is 23.5 Å². The first-order valence-corrected chi connectivity index (χ1v) is 10.9. The number of nitrogens with one attached hydrogen (secondary N) is 2. The number of benzene rings is 2. The van der Waals surface area contributed by atoms with Crippen LogP contribution in [0.2, 0.25) is 0 Å².